The minimum absolute atomic E-state index is 0.0556. The first-order valence-electron chi connectivity index (χ1n) is 10.7. The van der Waals surface area contributed by atoms with Crippen molar-refractivity contribution >= 4 is 6.09 Å². The molecule has 2 heterocycles. The average molecular weight is 394 g/mol. The van der Waals surface area contributed by atoms with Gasteiger partial charge in [-0.3, -0.25) is 0 Å². The summed E-state index contributed by atoms with van der Waals surface area (Å²) >= 11 is 0. The Morgan fingerprint density at radius 2 is 1.66 bits per heavy atom. The molecule has 2 bridgehead atoms. The molecule has 4 rings (SSSR count). The molecule has 2 fully saturated rings. The smallest absolute Gasteiger partial charge is 0.410 e. The van der Waals surface area contributed by atoms with Gasteiger partial charge in [-0.15, -0.1) is 0 Å². The summed E-state index contributed by atoms with van der Waals surface area (Å²) in [5.74, 6) is 0. The van der Waals surface area contributed by atoms with E-state index in [9.17, 15) is 9.90 Å². The van der Waals surface area contributed by atoms with Gasteiger partial charge in [0.2, 0.25) is 0 Å². The number of aliphatic hydroxyl groups is 1. The number of carbonyl (C=O) groups is 1. The Balaban J connectivity index is 1.46. The van der Waals surface area contributed by atoms with Crippen LogP contribution in [0.1, 0.15) is 54.4 Å². The third-order valence-corrected chi connectivity index (χ3v) is 6.66. The lowest BCUT2D eigenvalue weighted by molar-refractivity contribution is -0.0847. The molecule has 0 aromatic heterocycles. The molecule has 2 aromatic rings. The van der Waals surface area contributed by atoms with E-state index in [2.05, 4.69) is 32.0 Å². The summed E-state index contributed by atoms with van der Waals surface area (Å²) in [5.41, 5.74) is 3.94. The van der Waals surface area contributed by atoms with E-state index in [1.807, 2.05) is 35.2 Å². The van der Waals surface area contributed by atoms with Crippen LogP contribution in [0.15, 0.2) is 48.5 Å². The molecule has 0 spiro atoms. The highest BCUT2D eigenvalue weighted by molar-refractivity contribution is 5.69. The van der Waals surface area contributed by atoms with Crippen molar-refractivity contribution in [2.75, 3.05) is 0 Å². The summed E-state index contributed by atoms with van der Waals surface area (Å²) < 4.78 is 5.63. The van der Waals surface area contributed by atoms with Crippen LogP contribution in [0.4, 0.5) is 4.79 Å². The van der Waals surface area contributed by atoms with Gasteiger partial charge >= 0.3 is 6.09 Å². The number of amides is 1. The normalized spacial score (nSPS) is 26.2. The lowest BCUT2D eigenvalue weighted by atomic mass is 9.72. The van der Waals surface area contributed by atoms with Crippen molar-refractivity contribution in [1.82, 2.24) is 4.90 Å². The highest BCUT2D eigenvalue weighted by Crippen LogP contribution is 2.41. The fourth-order valence-electron chi connectivity index (χ4n) is 5.22. The Morgan fingerprint density at radius 3 is 2.28 bits per heavy atom. The van der Waals surface area contributed by atoms with E-state index < -0.39 is 5.60 Å². The van der Waals surface area contributed by atoms with Gasteiger partial charge < -0.3 is 14.7 Å². The minimum Gasteiger partial charge on any atom is -0.445 e. The first-order valence-corrected chi connectivity index (χ1v) is 10.7. The van der Waals surface area contributed by atoms with Crippen LogP contribution >= 0.6 is 0 Å². The second-order valence-electron chi connectivity index (χ2n) is 8.87. The summed E-state index contributed by atoms with van der Waals surface area (Å²) in [6, 6.07) is 16.2. The number of carbonyl (C=O) groups excluding carboxylic acids is 1. The van der Waals surface area contributed by atoms with Gasteiger partial charge in [-0.2, -0.15) is 0 Å². The Morgan fingerprint density at radius 1 is 1.03 bits per heavy atom. The maximum absolute atomic E-state index is 12.9. The third-order valence-electron chi connectivity index (χ3n) is 6.66. The zero-order valence-corrected chi connectivity index (χ0v) is 17.4. The number of hydrogen-bond acceptors (Lipinski definition) is 3. The maximum Gasteiger partial charge on any atom is 0.410 e. The van der Waals surface area contributed by atoms with E-state index in [4.69, 9.17) is 4.74 Å². The molecule has 0 radical (unpaired) electrons. The highest BCUT2D eigenvalue weighted by atomic mass is 16.6. The summed E-state index contributed by atoms with van der Waals surface area (Å²) in [7, 11) is 0. The lowest BCUT2D eigenvalue weighted by Crippen LogP contribution is -2.60. The van der Waals surface area contributed by atoms with Gasteiger partial charge in [0.05, 0.1) is 5.60 Å². The Labute approximate surface area is 173 Å². The molecule has 0 saturated carbocycles. The van der Waals surface area contributed by atoms with Gasteiger partial charge in [-0.05, 0) is 68.2 Å². The van der Waals surface area contributed by atoms with E-state index in [1.54, 1.807) is 0 Å². The minimum atomic E-state index is -0.761. The van der Waals surface area contributed by atoms with Gasteiger partial charge in [0, 0.05) is 18.5 Å². The van der Waals surface area contributed by atoms with Crippen LogP contribution in [0.2, 0.25) is 0 Å². The molecular formula is C25H31NO3. The molecule has 1 amide bonds. The molecule has 29 heavy (non-hydrogen) atoms. The predicted molar refractivity (Wildman–Crippen MR) is 114 cm³/mol. The summed E-state index contributed by atoms with van der Waals surface area (Å²) in [5, 5.41) is 11.5. The number of ether oxygens (including phenoxy) is 1. The molecule has 2 unspecified atom stereocenters. The summed E-state index contributed by atoms with van der Waals surface area (Å²) in [6.45, 7) is 4.52. The molecule has 2 saturated heterocycles. The number of piperidine rings is 2. The second kappa shape index (κ2) is 8.19. The van der Waals surface area contributed by atoms with Crippen molar-refractivity contribution < 1.29 is 14.6 Å². The molecule has 2 aromatic carbocycles. The van der Waals surface area contributed by atoms with Crippen molar-refractivity contribution in [3.63, 3.8) is 0 Å². The van der Waals surface area contributed by atoms with Crippen molar-refractivity contribution in [1.29, 1.82) is 0 Å². The quantitative estimate of drug-likeness (QED) is 0.801. The van der Waals surface area contributed by atoms with Crippen LogP contribution in [-0.2, 0) is 17.8 Å². The Hall–Kier alpha value is -2.33. The molecule has 2 aliphatic heterocycles. The van der Waals surface area contributed by atoms with Crippen LogP contribution in [0, 0.1) is 13.8 Å². The zero-order valence-electron chi connectivity index (χ0n) is 17.4. The van der Waals surface area contributed by atoms with Crippen LogP contribution in [0.3, 0.4) is 0 Å². The topological polar surface area (TPSA) is 49.8 Å². The number of aryl methyl sites for hydroxylation is 2. The van der Waals surface area contributed by atoms with Crippen molar-refractivity contribution in [2.45, 2.75) is 76.7 Å². The number of nitrogens with zero attached hydrogens (tertiary/aromatic N) is 1. The molecular weight excluding hydrogens is 362 g/mol. The Kier molecular flexibility index (Phi) is 5.64. The van der Waals surface area contributed by atoms with E-state index in [-0.39, 0.29) is 18.2 Å². The molecule has 154 valence electrons. The van der Waals surface area contributed by atoms with Gasteiger partial charge in [0.1, 0.15) is 6.61 Å². The first-order chi connectivity index (χ1) is 14.0. The van der Waals surface area contributed by atoms with Crippen molar-refractivity contribution in [3.8, 4) is 0 Å². The standard InChI is InChI=1S/C25H31NO3/c1-18-8-6-9-19(2)23(18)16-25(28)14-21-12-7-13-22(15-25)26(21)24(27)29-17-20-10-4-3-5-11-20/h3-6,8-11,21-22,28H,7,12-17H2,1-2H3. The predicted octanol–water partition coefficient (Wildman–Crippen LogP) is 4.93. The van der Waals surface area contributed by atoms with E-state index >= 15 is 0 Å². The van der Waals surface area contributed by atoms with Crippen molar-refractivity contribution in [3.05, 3.63) is 70.8 Å². The summed E-state index contributed by atoms with van der Waals surface area (Å²) in [4.78, 5) is 14.8. The number of benzene rings is 2. The molecule has 4 heteroatoms. The Bertz CT molecular complexity index is 829. The van der Waals surface area contributed by atoms with E-state index in [0.29, 0.717) is 25.9 Å². The van der Waals surface area contributed by atoms with Crippen LogP contribution < -0.4 is 0 Å². The van der Waals surface area contributed by atoms with Gasteiger partial charge in [0.25, 0.3) is 0 Å². The zero-order chi connectivity index (χ0) is 20.4. The van der Waals surface area contributed by atoms with Crippen LogP contribution in [0.5, 0.6) is 0 Å². The second-order valence-corrected chi connectivity index (χ2v) is 8.87. The molecule has 0 aliphatic carbocycles. The maximum atomic E-state index is 12.9. The summed E-state index contributed by atoms with van der Waals surface area (Å²) in [6.07, 6.45) is 4.65. The number of hydrogen-bond donors (Lipinski definition) is 1. The van der Waals surface area contributed by atoms with Crippen LogP contribution in [0.25, 0.3) is 0 Å². The average Bonchev–Trinajstić information content (AvgIpc) is 2.69. The number of fused-ring (bicyclic) bond motifs is 2. The number of rotatable bonds is 4. The first kappa shape index (κ1) is 20.0. The van der Waals surface area contributed by atoms with Gasteiger partial charge in [-0.1, -0.05) is 48.5 Å². The van der Waals surface area contributed by atoms with Crippen LogP contribution in [-0.4, -0.2) is 33.8 Å². The SMILES string of the molecule is Cc1cccc(C)c1CC1(O)CC2CCCC(C1)N2C(=O)OCc1ccccc1. The fourth-order valence-corrected chi connectivity index (χ4v) is 5.22. The molecule has 2 aliphatic rings. The molecule has 4 nitrogen and oxygen atoms in total. The van der Waals surface area contributed by atoms with Gasteiger partial charge in [-0.25, -0.2) is 4.79 Å². The van der Waals surface area contributed by atoms with E-state index in [0.717, 1.165) is 24.8 Å². The van der Waals surface area contributed by atoms with Gasteiger partial charge in [0.15, 0.2) is 0 Å². The molecule has 1 N–H and O–H groups in total. The monoisotopic (exact) mass is 393 g/mol. The third kappa shape index (κ3) is 4.32. The largest absolute Gasteiger partial charge is 0.445 e. The molecule has 2 atom stereocenters. The highest BCUT2D eigenvalue weighted by Gasteiger charge is 2.48. The van der Waals surface area contributed by atoms with Crippen molar-refractivity contribution in [2.24, 2.45) is 0 Å². The van der Waals surface area contributed by atoms with E-state index in [1.165, 1.54) is 16.7 Å². The fraction of sp³-hybridized carbons (Fsp3) is 0.480. The lowest BCUT2D eigenvalue weighted by Gasteiger charge is -2.51.